The third kappa shape index (κ3) is 4.42. The van der Waals surface area contributed by atoms with Crippen LogP contribution in [-0.2, 0) is 22.7 Å². The number of aromatic nitrogens is 2. The number of alkyl halides is 3. The first-order valence-electron chi connectivity index (χ1n) is 6.81. The number of rotatable bonds is 6. The van der Waals surface area contributed by atoms with Gasteiger partial charge in [-0.15, -0.1) is 0 Å². The van der Waals surface area contributed by atoms with Crippen LogP contribution in [0.4, 0.5) is 13.2 Å². The average molecular weight is 361 g/mol. The van der Waals surface area contributed by atoms with Gasteiger partial charge in [0.15, 0.2) is 11.5 Å². The van der Waals surface area contributed by atoms with Crippen LogP contribution < -0.4 is 4.72 Å². The average Bonchev–Trinajstić information content (AvgIpc) is 2.96. The van der Waals surface area contributed by atoms with Gasteiger partial charge in [0.2, 0.25) is 10.0 Å². The van der Waals surface area contributed by atoms with Crippen LogP contribution in [0.25, 0.3) is 0 Å². The molecule has 0 bridgehead atoms. The van der Waals surface area contributed by atoms with Gasteiger partial charge < -0.3 is 0 Å². The standard InChI is InChI=1S/C14H14F3N3O3S/c1-10(21)11-3-2-4-12(9-11)24(22,23)18-6-8-20-7-5-13(19-20)14(15,16)17/h2-5,7,9,18H,6,8H2,1H3. The van der Waals surface area contributed by atoms with E-state index in [-0.39, 0.29) is 29.3 Å². The lowest BCUT2D eigenvalue weighted by molar-refractivity contribution is -0.141. The Labute approximate surface area is 136 Å². The summed E-state index contributed by atoms with van der Waals surface area (Å²) >= 11 is 0. The lowest BCUT2D eigenvalue weighted by Crippen LogP contribution is -2.27. The number of carbonyl (C=O) groups is 1. The summed E-state index contributed by atoms with van der Waals surface area (Å²) in [5, 5.41) is 3.32. The molecule has 0 atom stereocenters. The molecule has 130 valence electrons. The van der Waals surface area contributed by atoms with Crippen molar-refractivity contribution in [3.05, 3.63) is 47.8 Å². The van der Waals surface area contributed by atoms with Crippen LogP contribution in [0.1, 0.15) is 23.0 Å². The summed E-state index contributed by atoms with van der Waals surface area (Å²) < 4.78 is 64.8. The van der Waals surface area contributed by atoms with E-state index in [2.05, 4.69) is 9.82 Å². The Bertz CT molecular complexity index is 844. The van der Waals surface area contributed by atoms with Gasteiger partial charge in [0.1, 0.15) is 0 Å². The zero-order chi connectivity index (χ0) is 18.0. The highest BCUT2D eigenvalue weighted by molar-refractivity contribution is 7.89. The molecule has 1 aromatic carbocycles. The highest BCUT2D eigenvalue weighted by atomic mass is 32.2. The van der Waals surface area contributed by atoms with E-state index < -0.39 is 21.9 Å². The van der Waals surface area contributed by atoms with Crippen molar-refractivity contribution < 1.29 is 26.4 Å². The van der Waals surface area contributed by atoms with Gasteiger partial charge in [-0.25, -0.2) is 13.1 Å². The molecule has 6 nitrogen and oxygen atoms in total. The van der Waals surface area contributed by atoms with Crippen molar-refractivity contribution in [2.24, 2.45) is 0 Å². The van der Waals surface area contributed by atoms with E-state index in [0.29, 0.717) is 0 Å². The molecule has 24 heavy (non-hydrogen) atoms. The zero-order valence-corrected chi connectivity index (χ0v) is 13.4. The second-order valence-corrected chi connectivity index (χ2v) is 6.71. The Morgan fingerprint density at radius 3 is 2.58 bits per heavy atom. The summed E-state index contributed by atoms with van der Waals surface area (Å²) in [6.45, 7) is 1.10. The number of Topliss-reactive ketones (excluding diaryl/α,β-unsaturated/α-hetero) is 1. The van der Waals surface area contributed by atoms with Gasteiger partial charge >= 0.3 is 6.18 Å². The summed E-state index contributed by atoms with van der Waals surface area (Å²) in [7, 11) is -3.87. The first kappa shape index (κ1) is 18.1. The molecule has 0 spiro atoms. The van der Waals surface area contributed by atoms with Crippen LogP contribution in [0.3, 0.4) is 0 Å². The Morgan fingerprint density at radius 2 is 2.00 bits per heavy atom. The van der Waals surface area contributed by atoms with Crippen molar-refractivity contribution in [3.8, 4) is 0 Å². The number of ketones is 1. The molecule has 0 radical (unpaired) electrons. The van der Waals surface area contributed by atoms with Gasteiger partial charge in [-0.1, -0.05) is 12.1 Å². The van der Waals surface area contributed by atoms with E-state index in [4.69, 9.17) is 0 Å². The van der Waals surface area contributed by atoms with Crippen molar-refractivity contribution in [2.75, 3.05) is 6.54 Å². The molecule has 0 aliphatic carbocycles. The normalized spacial score (nSPS) is 12.3. The Balaban J connectivity index is 2.02. The highest BCUT2D eigenvalue weighted by Gasteiger charge is 2.33. The molecule has 10 heteroatoms. The fourth-order valence-corrected chi connectivity index (χ4v) is 2.96. The van der Waals surface area contributed by atoms with E-state index in [0.717, 1.165) is 16.9 Å². The molecule has 0 saturated carbocycles. The summed E-state index contributed by atoms with van der Waals surface area (Å²) in [4.78, 5) is 11.2. The number of benzene rings is 1. The molecule has 1 heterocycles. The molecule has 0 fully saturated rings. The van der Waals surface area contributed by atoms with Gasteiger partial charge in [-0.05, 0) is 25.1 Å². The van der Waals surface area contributed by atoms with Crippen LogP contribution in [0.5, 0.6) is 0 Å². The minimum absolute atomic E-state index is 0.0677. The molecule has 2 rings (SSSR count). The molecule has 0 unspecified atom stereocenters. The van der Waals surface area contributed by atoms with E-state index in [1.54, 1.807) is 0 Å². The molecule has 1 N–H and O–H groups in total. The van der Waals surface area contributed by atoms with Crippen LogP contribution in [0.15, 0.2) is 41.4 Å². The van der Waals surface area contributed by atoms with Gasteiger partial charge in [0, 0.05) is 18.3 Å². The highest BCUT2D eigenvalue weighted by Crippen LogP contribution is 2.27. The summed E-state index contributed by atoms with van der Waals surface area (Å²) in [6.07, 6.45) is -3.43. The summed E-state index contributed by atoms with van der Waals surface area (Å²) in [5.41, 5.74) is -0.792. The quantitative estimate of drug-likeness (QED) is 0.799. The van der Waals surface area contributed by atoms with E-state index in [1.165, 1.54) is 31.2 Å². The lowest BCUT2D eigenvalue weighted by Gasteiger charge is -2.08. The van der Waals surface area contributed by atoms with Crippen LogP contribution in [-0.4, -0.2) is 30.5 Å². The smallest absolute Gasteiger partial charge is 0.295 e. The van der Waals surface area contributed by atoms with Gasteiger partial charge in [-0.2, -0.15) is 18.3 Å². The Morgan fingerprint density at radius 1 is 1.29 bits per heavy atom. The third-order valence-electron chi connectivity index (χ3n) is 3.11. The maximum Gasteiger partial charge on any atom is 0.435 e. The van der Waals surface area contributed by atoms with Gasteiger partial charge in [0.05, 0.1) is 11.4 Å². The SMILES string of the molecule is CC(=O)c1cccc(S(=O)(=O)NCCn2ccc(C(F)(F)F)n2)c1. The number of sulfonamides is 1. The monoisotopic (exact) mass is 361 g/mol. The number of nitrogens with one attached hydrogen (secondary N) is 1. The van der Waals surface area contributed by atoms with Gasteiger partial charge in [0.25, 0.3) is 0 Å². The molecule has 0 amide bonds. The molecule has 0 saturated heterocycles. The predicted octanol–water partition coefficient (Wildman–Crippen LogP) is 2.08. The minimum Gasteiger partial charge on any atom is -0.295 e. The topological polar surface area (TPSA) is 81.1 Å². The maximum atomic E-state index is 12.4. The van der Waals surface area contributed by atoms with E-state index in [9.17, 15) is 26.4 Å². The summed E-state index contributed by atoms with van der Waals surface area (Å²) in [5.74, 6) is -0.275. The molecule has 2 aromatic rings. The van der Waals surface area contributed by atoms with Crippen LogP contribution >= 0.6 is 0 Å². The second-order valence-electron chi connectivity index (χ2n) is 4.94. The summed E-state index contributed by atoms with van der Waals surface area (Å²) in [6, 6.07) is 6.30. The second kappa shape index (κ2) is 6.73. The van der Waals surface area contributed by atoms with Crippen molar-refractivity contribution in [3.63, 3.8) is 0 Å². The van der Waals surface area contributed by atoms with E-state index >= 15 is 0 Å². The molecule has 1 aromatic heterocycles. The number of hydrogen-bond donors (Lipinski definition) is 1. The minimum atomic E-state index is -4.54. The van der Waals surface area contributed by atoms with Crippen molar-refractivity contribution in [2.45, 2.75) is 24.5 Å². The third-order valence-corrected chi connectivity index (χ3v) is 4.57. The zero-order valence-electron chi connectivity index (χ0n) is 12.5. The fraction of sp³-hybridized carbons (Fsp3) is 0.286. The van der Waals surface area contributed by atoms with Crippen LogP contribution in [0.2, 0.25) is 0 Å². The molecular formula is C14H14F3N3O3S. The fourth-order valence-electron chi connectivity index (χ4n) is 1.90. The number of carbonyl (C=O) groups excluding carboxylic acids is 1. The first-order chi connectivity index (χ1) is 11.1. The van der Waals surface area contributed by atoms with Gasteiger partial charge in [-0.3, -0.25) is 9.48 Å². The largest absolute Gasteiger partial charge is 0.435 e. The Kier molecular flexibility index (Phi) is 5.09. The molecule has 0 aliphatic rings. The predicted molar refractivity (Wildman–Crippen MR) is 78.9 cm³/mol. The van der Waals surface area contributed by atoms with E-state index in [1.807, 2.05) is 0 Å². The molecular weight excluding hydrogens is 347 g/mol. The number of halogens is 3. The first-order valence-corrected chi connectivity index (χ1v) is 8.29. The molecule has 0 aliphatic heterocycles. The number of hydrogen-bond acceptors (Lipinski definition) is 4. The number of nitrogens with zero attached hydrogens (tertiary/aromatic N) is 2. The lowest BCUT2D eigenvalue weighted by atomic mass is 10.2. The maximum absolute atomic E-state index is 12.4. The van der Waals surface area contributed by atoms with Crippen LogP contribution in [0, 0.1) is 0 Å². The van der Waals surface area contributed by atoms with Crippen molar-refractivity contribution in [1.82, 2.24) is 14.5 Å². The van der Waals surface area contributed by atoms with Crippen molar-refractivity contribution in [1.29, 1.82) is 0 Å². The Hall–Kier alpha value is -2.20. The van der Waals surface area contributed by atoms with Crippen molar-refractivity contribution >= 4 is 15.8 Å².